The van der Waals surface area contributed by atoms with Crippen molar-refractivity contribution >= 4 is 7.91 Å². The third kappa shape index (κ3) is 2.10. The first-order chi connectivity index (χ1) is 3.96. The summed E-state index contributed by atoms with van der Waals surface area (Å²) in [6, 6.07) is 0. The van der Waals surface area contributed by atoms with E-state index in [0.29, 0.717) is 0 Å². The van der Waals surface area contributed by atoms with Crippen molar-refractivity contribution in [3.05, 3.63) is 0 Å². The molecule has 0 N–H and O–H groups in total. The van der Waals surface area contributed by atoms with Crippen LogP contribution in [0.2, 0.25) is 0 Å². The Morgan fingerprint density at radius 1 is 0.889 bits per heavy atom. The second-order valence-electron chi connectivity index (χ2n) is 1.25. The summed E-state index contributed by atoms with van der Waals surface area (Å²) >= 11 is 0. The first-order valence-corrected chi connectivity index (χ1v) is 3.88. The third-order valence-electron chi connectivity index (χ3n) is 0.861. The molecule has 0 aliphatic carbocycles. The average Bonchev–Trinajstić information content (AvgIpc) is 1.90. The number of rotatable bonds is 3. The first kappa shape index (κ1) is 9.17. The van der Waals surface area contributed by atoms with E-state index in [0.717, 1.165) is 21.3 Å². The summed E-state index contributed by atoms with van der Waals surface area (Å²) in [5.41, 5.74) is 0. The van der Waals surface area contributed by atoms with E-state index in [2.05, 4.69) is 13.6 Å². The van der Waals surface area contributed by atoms with Gasteiger partial charge in [0, 0.05) is 0 Å². The second kappa shape index (κ2) is 2.42. The van der Waals surface area contributed by atoms with Gasteiger partial charge in [0.1, 0.15) is 0 Å². The minimum atomic E-state index is -5.63. The molecule has 0 spiro atoms. The van der Waals surface area contributed by atoms with Crippen LogP contribution in [0.4, 0.5) is 8.39 Å². The molecule has 0 amide bonds. The van der Waals surface area contributed by atoms with Gasteiger partial charge in [0.15, 0.2) is 0 Å². The van der Waals surface area contributed by atoms with Crippen LogP contribution in [0.25, 0.3) is 0 Å². The van der Waals surface area contributed by atoms with Gasteiger partial charge in [-0.1, -0.05) is 0 Å². The van der Waals surface area contributed by atoms with Crippen LogP contribution in [0, 0.1) is 0 Å². The Balaban J connectivity index is 4.20. The average molecular weight is 162 g/mol. The SMILES string of the molecule is COP(F)(F)(OC)OC. The molecule has 0 unspecified atom stereocenters. The van der Waals surface area contributed by atoms with Crippen molar-refractivity contribution in [2.75, 3.05) is 21.3 Å². The van der Waals surface area contributed by atoms with Gasteiger partial charge >= 0.3 is 51.2 Å². The predicted octanol–water partition coefficient (Wildman–Crippen LogP) is 1.99. The molecule has 0 aromatic carbocycles. The monoisotopic (exact) mass is 162 g/mol. The van der Waals surface area contributed by atoms with Gasteiger partial charge in [-0.25, -0.2) is 0 Å². The molecule has 0 saturated carbocycles. The van der Waals surface area contributed by atoms with E-state index < -0.39 is 7.91 Å². The molecule has 0 atom stereocenters. The van der Waals surface area contributed by atoms with E-state index in [1.165, 1.54) is 0 Å². The van der Waals surface area contributed by atoms with E-state index >= 15 is 0 Å². The molecule has 6 heteroatoms. The summed E-state index contributed by atoms with van der Waals surface area (Å²) in [5.74, 6) is 0. The minimum absolute atomic E-state index is 0.838. The van der Waals surface area contributed by atoms with Gasteiger partial charge in [0.2, 0.25) is 0 Å². The van der Waals surface area contributed by atoms with Gasteiger partial charge < -0.3 is 0 Å². The van der Waals surface area contributed by atoms with Crippen LogP contribution in [0.15, 0.2) is 0 Å². The molecular weight excluding hydrogens is 153 g/mol. The van der Waals surface area contributed by atoms with E-state index in [1.54, 1.807) is 0 Å². The molecule has 0 fully saturated rings. The summed E-state index contributed by atoms with van der Waals surface area (Å²) < 4.78 is 36.3. The molecule has 0 aliphatic rings. The Morgan fingerprint density at radius 3 is 1.11 bits per heavy atom. The molecule has 0 aromatic heterocycles. The molecule has 0 saturated heterocycles. The number of halogens is 2. The van der Waals surface area contributed by atoms with Crippen molar-refractivity contribution in [1.29, 1.82) is 0 Å². The second-order valence-corrected chi connectivity index (χ2v) is 3.75. The summed E-state index contributed by atoms with van der Waals surface area (Å²) in [5, 5.41) is 0. The van der Waals surface area contributed by atoms with Crippen LogP contribution < -0.4 is 0 Å². The van der Waals surface area contributed by atoms with E-state index in [9.17, 15) is 8.39 Å². The molecule has 0 rings (SSSR count). The quantitative estimate of drug-likeness (QED) is 0.594. The summed E-state index contributed by atoms with van der Waals surface area (Å²) in [7, 11) is -3.11. The fourth-order valence-corrected chi connectivity index (χ4v) is 0.671. The Labute approximate surface area is 52.3 Å². The molecular formula is C3H9F2O3P. The van der Waals surface area contributed by atoms with Crippen molar-refractivity contribution < 1.29 is 22.0 Å². The van der Waals surface area contributed by atoms with Crippen LogP contribution in [-0.2, 0) is 13.6 Å². The Kier molecular flexibility index (Phi) is 2.47. The maximum atomic E-state index is 12.5. The van der Waals surface area contributed by atoms with Crippen LogP contribution in [0.3, 0.4) is 0 Å². The zero-order valence-electron chi connectivity index (χ0n) is 5.43. The fraction of sp³-hybridized carbons (Fsp3) is 1.00. The predicted molar refractivity (Wildman–Crippen MR) is 30.2 cm³/mol. The summed E-state index contributed by atoms with van der Waals surface area (Å²) in [6.45, 7) is 0. The van der Waals surface area contributed by atoms with Gasteiger partial charge in [-0.05, 0) is 0 Å². The zero-order chi connectivity index (χ0) is 7.57. The van der Waals surface area contributed by atoms with Crippen LogP contribution in [-0.4, -0.2) is 21.3 Å². The number of hydrogen-bond donors (Lipinski definition) is 0. The molecule has 0 radical (unpaired) electrons. The third-order valence-corrected chi connectivity index (χ3v) is 2.58. The van der Waals surface area contributed by atoms with Crippen LogP contribution >= 0.6 is 7.91 Å². The van der Waals surface area contributed by atoms with E-state index in [4.69, 9.17) is 0 Å². The maximum absolute atomic E-state index is 12.5. The van der Waals surface area contributed by atoms with Gasteiger partial charge in [0.25, 0.3) is 0 Å². The zero-order valence-corrected chi connectivity index (χ0v) is 6.32. The van der Waals surface area contributed by atoms with E-state index in [-0.39, 0.29) is 0 Å². The van der Waals surface area contributed by atoms with Gasteiger partial charge in [-0.3, -0.25) is 0 Å². The van der Waals surface area contributed by atoms with Crippen LogP contribution in [0.1, 0.15) is 0 Å². The van der Waals surface area contributed by atoms with Gasteiger partial charge in [0.05, 0.1) is 0 Å². The topological polar surface area (TPSA) is 27.7 Å². The Bertz CT molecular complexity index is 88.2. The summed E-state index contributed by atoms with van der Waals surface area (Å²) in [6.07, 6.45) is 0. The summed E-state index contributed by atoms with van der Waals surface area (Å²) in [4.78, 5) is 0. The van der Waals surface area contributed by atoms with Crippen molar-refractivity contribution in [2.45, 2.75) is 0 Å². The van der Waals surface area contributed by atoms with Gasteiger partial charge in [-0.15, -0.1) is 0 Å². The Hall–Kier alpha value is 0.170. The van der Waals surface area contributed by atoms with E-state index in [1.807, 2.05) is 0 Å². The van der Waals surface area contributed by atoms with Crippen molar-refractivity contribution in [2.24, 2.45) is 0 Å². The molecule has 0 aliphatic heterocycles. The molecule has 58 valence electrons. The first-order valence-electron chi connectivity index (χ1n) is 2.11. The van der Waals surface area contributed by atoms with Gasteiger partial charge in [-0.2, -0.15) is 0 Å². The standard InChI is InChI=1S/C3H9F2O3P/c1-6-9(4,5,7-2)8-3/h1-3H3. The molecule has 3 nitrogen and oxygen atoms in total. The fourth-order valence-electron chi connectivity index (χ4n) is 0.224. The molecule has 9 heavy (non-hydrogen) atoms. The normalized spacial score (nSPS) is 16.8. The molecule has 0 heterocycles. The molecule has 0 aromatic rings. The van der Waals surface area contributed by atoms with Crippen molar-refractivity contribution in [3.63, 3.8) is 0 Å². The van der Waals surface area contributed by atoms with Crippen molar-refractivity contribution in [3.8, 4) is 0 Å². The molecule has 0 bridgehead atoms. The van der Waals surface area contributed by atoms with Crippen LogP contribution in [0.5, 0.6) is 0 Å². The Morgan fingerprint density at radius 2 is 1.11 bits per heavy atom. The number of hydrogen-bond acceptors (Lipinski definition) is 3. The van der Waals surface area contributed by atoms with Crippen molar-refractivity contribution in [1.82, 2.24) is 0 Å².